The number of aromatic nitrogens is 3. The van der Waals surface area contributed by atoms with Gasteiger partial charge in [0, 0.05) is 36.2 Å². The molecule has 8 nitrogen and oxygen atoms in total. The average molecular weight is 430 g/mol. The molecule has 0 saturated carbocycles. The van der Waals surface area contributed by atoms with Crippen LogP contribution in [0.4, 0.5) is 5.69 Å². The number of rotatable bonds is 7. The molecule has 2 aromatic carbocycles. The first-order chi connectivity index (χ1) is 15.4. The van der Waals surface area contributed by atoms with Gasteiger partial charge in [0.2, 0.25) is 11.5 Å². The fraction of sp³-hybridized carbons (Fsp3) is 0.250. The van der Waals surface area contributed by atoms with Crippen molar-refractivity contribution in [1.82, 2.24) is 14.7 Å². The SMILES string of the molecule is [C-]#[N+]c1cc(-c2nc(-c3cccc4c(CCC(=O)O)cn(C)c34)no2)ccc1OC(C)C. The van der Waals surface area contributed by atoms with E-state index in [1.807, 2.05) is 49.9 Å². The third-order valence-electron chi connectivity index (χ3n) is 5.05. The van der Waals surface area contributed by atoms with Crippen LogP contribution in [0.2, 0.25) is 0 Å². The number of aliphatic carboxylic acids is 1. The summed E-state index contributed by atoms with van der Waals surface area (Å²) < 4.78 is 13.1. The summed E-state index contributed by atoms with van der Waals surface area (Å²) in [5.74, 6) is 0.410. The molecule has 2 heterocycles. The van der Waals surface area contributed by atoms with Crippen LogP contribution in [0.1, 0.15) is 25.8 Å². The van der Waals surface area contributed by atoms with E-state index in [-0.39, 0.29) is 12.5 Å². The van der Waals surface area contributed by atoms with Crippen LogP contribution in [-0.4, -0.2) is 31.9 Å². The van der Waals surface area contributed by atoms with E-state index >= 15 is 0 Å². The van der Waals surface area contributed by atoms with Gasteiger partial charge >= 0.3 is 5.97 Å². The molecule has 0 bridgehead atoms. The van der Waals surface area contributed by atoms with E-state index in [1.165, 1.54) is 0 Å². The monoisotopic (exact) mass is 430 g/mol. The van der Waals surface area contributed by atoms with Gasteiger partial charge in [0.05, 0.1) is 18.2 Å². The second-order valence-electron chi connectivity index (χ2n) is 7.74. The van der Waals surface area contributed by atoms with Crippen molar-refractivity contribution in [2.45, 2.75) is 32.8 Å². The van der Waals surface area contributed by atoms with Crippen molar-refractivity contribution in [3.8, 4) is 28.6 Å². The number of ether oxygens (including phenoxy) is 1. The summed E-state index contributed by atoms with van der Waals surface area (Å²) in [6.45, 7) is 11.3. The summed E-state index contributed by atoms with van der Waals surface area (Å²) in [7, 11) is 1.91. The maximum Gasteiger partial charge on any atom is 0.303 e. The van der Waals surface area contributed by atoms with Crippen LogP contribution < -0.4 is 4.74 Å². The van der Waals surface area contributed by atoms with Crippen LogP contribution in [0.5, 0.6) is 5.75 Å². The van der Waals surface area contributed by atoms with E-state index in [0.29, 0.717) is 35.1 Å². The molecule has 0 spiro atoms. The van der Waals surface area contributed by atoms with Crippen molar-refractivity contribution in [3.05, 3.63) is 59.6 Å². The van der Waals surface area contributed by atoms with Gasteiger partial charge in [-0.25, -0.2) is 4.85 Å². The first-order valence-electron chi connectivity index (χ1n) is 10.2. The van der Waals surface area contributed by atoms with E-state index < -0.39 is 5.97 Å². The summed E-state index contributed by atoms with van der Waals surface area (Å²) in [5, 5.41) is 14.2. The largest absolute Gasteiger partial charge is 0.502 e. The van der Waals surface area contributed by atoms with Crippen molar-refractivity contribution >= 4 is 22.6 Å². The number of hydrogen-bond donors (Lipinski definition) is 1. The second kappa shape index (κ2) is 8.55. The summed E-state index contributed by atoms with van der Waals surface area (Å²) in [6.07, 6.45) is 2.41. The van der Waals surface area contributed by atoms with Crippen molar-refractivity contribution in [1.29, 1.82) is 0 Å². The Balaban J connectivity index is 1.71. The Morgan fingerprint density at radius 3 is 2.84 bits per heavy atom. The molecule has 0 fully saturated rings. The van der Waals surface area contributed by atoms with Gasteiger partial charge in [-0.1, -0.05) is 17.3 Å². The standard InChI is InChI=1S/C24H22N4O4/c1-14(2)31-20-10-8-15(12-19(20)25-3)24-26-23(27-32-24)18-7-5-6-17-16(9-11-21(29)30)13-28(4)22(17)18/h5-8,10,12-14H,9,11H2,1-2,4H3,(H,29,30). The van der Waals surface area contributed by atoms with Gasteiger partial charge in [-0.3, -0.25) is 4.79 Å². The predicted molar refractivity (Wildman–Crippen MR) is 120 cm³/mol. The number of carbonyl (C=O) groups is 1. The van der Waals surface area contributed by atoms with Gasteiger partial charge in [-0.05, 0) is 50.1 Å². The van der Waals surface area contributed by atoms with Crippen LogP contribution in [0.25, 0.3) is 38.6 Å². The second-order valence-corrected chi connectivity index (χ2v) is 7.74. The van der Waals surface area contributed by atoms with Crippen LogP contribution in [-0.2, 0) is 18.3 Å². The number of hydrogen-bond acceptors (Lipinski definition) is 5. The van der Waals surface area contributed by atoms with Crippen molar-refractivity contribution in [3.63, 3.8) is 0 Å². The summed E-state index contributed by atoms with van der Waals surface area (Å²) >= 11 is 0. The first kappa shape index (κ1) is 21.1. The molecule has 32 heavy (non-hydrogen) atoms. The molecule has 2 aromatic heterocycles. The van der Waals surface area contributed by atoms with Crippen LogP contribution in [0.15, 0.2) is 47.1 Å². The maximum atomic E-state index is 11.0. The fourth-order valence-electron chi connectivity index (χ4n) is 3.71. The van der Waals surface area contributed by atoms with E-state index in [1.54, 1.807) is 18.2 Å². The van der Waals surface area contributed by atoms with Crippen LogP contribution >= 0.6 is 0 Å². The number of para-hydroxylation sites is 1. The number of aryl methyl sites for hydroxylation is 2. The molecule has 4 rings (SSSR count). The normalized spacial score (nSPS) is 11.1. The molecule has 0 aliphatic carbocycles. The van der Waals surface area contributed by atoms with Crippen molar-refractivity contribution < 1.29 is 19.2 Å². The molecule has 0 radical (unpaired) electrons. The topological polar surface area (TPSA) is 94.7 Å². The summed E-state index contributed by atoms with van der Waals surface area (Å²) in [6, 6.07) is 11.0. The Morgan fingerprint density at radius 2 is 2.12 bits per heavy atom. The average Bonchev–Trinajstić information content (AvgIpc) is 3.37. The Labute approximate surface area is 184 Å². The predicted octanol–water partition coefficient (Wildman–Crippen LogP) is 5.25. The first-order valence-corrected chi connectivity index (χ1v) is 10.2. The molecule has 0 saturated heterocycles. The minimum absolute atomic E-state index is 0.0393. The number of carboxylic acids is 1. The molecule has 0 atom stereocenters. The van der Waals surface area contributed by atoms with Gasteiger partial charge in [0.25, 0.3) is 5.89 Å². The highest BCUT2D eigenvalue weighted by atomic mass is 16.5. The summed E-state index contributed by atoms with van der Waals surface area (Å²) in [4.78, 5) is 19.1. The molecule has 162 valence electrons. The van der Waals surface area contributed by atoms with E-state index in [4.69, 9.17) is 20.9 Å². The Bertz CT molecular complexity index is 1340. The highest BCUT2D eigenvalue weighted by molar-refractivity contribution is 5.95. The van der Waals surface area contributed by atoms with Crippen molar-refractivity contribution in [2.75, 3.05) is 0 Å². The molecular formula is C24H22N4O4. The summed E-state index contributed by atoms with van der Waals surface area (Å²) in [5.41, 5.74) is 3.66. The third-order valence-corrected chi connectivity index (χ3v) is 5.05. The zero-order chi connectivity index (χ0) is 22.8. The van der Waals surface area contributed by atoms with E-state index in [2.05, 4.69) is 15.0 Å². The van der Waals surface area contributed by atoms with E-state index in [9.17, 15) is 4.79 Å². The molecule has 1 N–H and O–H groups in total. The van der Waals surface area contributed by atoms with Gasteiger partial charge in [-0.2, -0.15) is 4.98 Å². The van der Waals surface area contributed by atoms with Crippen molar-refractivity contribution in [2.24, 2.45) is 7.05 Å². The lowest BCUT2D eigenvalue weighted by Crippen LogP contribution is -2.05. The number of nitrogens with zero attached hydrogens (tertiary/aromatic N) is 4. The number of carboxylic acid groups (broad SMARTS) is 1. The van der Waals surface area contributed by atoms with Crippen LogP contribution in [0.3, 0.4) is 0 Å². The van der Waals surface area contributed by atoms with Crippen LogP contribution in [0, 0.1) is 6.57 Å². The Kier molecular flexibility index (Phi) is 5.65. The quantitative estimate of drug-likeness (QED) is 0.402. The zero-order valence-corrected chi connectivity index (χ0v) is 18.0. The van der Waals surface area contributed by atoms with E-state index in [0.717, 1.165) is 22.0 Å². The number of benzene rings is 2. The lowest BCUT2D eigenvalue weighted by molar-refractivity contribution is -0.136. The van der Waals surface area contributed by atoms with Gasteiger partial charge in [-0.15, -0.1) is 0 Å². The molecule has 0 aliphatic rings. The molecule has 4 aromatic rings. The molecule has 0 amide bonds. The zero-order valence-electron chi connectivity index (χ0n) is 18.0. The minimum atomic E-state index is -0.829. The fourth-order valence-corrected chi connectivity index (χ4v) is 3.71. The highest BCUT2D eigenvalue weighted by Crippen LogP contribution is 2.35. The third kappa shape index (κ3) is 4.05. The highest BCUT2D eigenvalue weighted by Gasteiger charge is 2.18. The van der Waals surface area contributed by atoms with Gasteiger partial charge in [0.1, 0.15) is 5.75 Å². The molecule has 0 unspecified atom stereocenters. The smallest absolute Gasteiger partial charge is 0.303 e. The molecule has 8 heteroatoms. The Hall–Kier alpha value is -4.12. The number of fused-ring (bicyclic) bond motifs is 1. The minimum Gasteiger partial charge on any atom is -0.502 e. The lowest BCUT2D eigenvalue weighted by atomic mass is 10.1. The van der Waals surface area contributed by atoms with Gasteiger partial charge < -0.3 is 18.9 Å². The van der Waals surface area contributed by atoms with Gasteiger partial charge in [0.15, 0.2) is 0 Å². The maximum absolute atomic E-state index is 11.0. The lowest BCUT2D eigenvalue weighted by Gasteiger charge is -2.11. The molecule has 0 aliphatic heterocycles. The Morgan fingerprint density at radius 1 is 1.31 bits per heavy atom. The molecular weight excluding hydrogens is 408 g/mol.